The van der Waals surface area contributed by atoms with E-state index in [9.17, 15) is 14.0 Å². The van der Waals surface area contributed by atoms with Crippen LogP contribution in [0.15, 0.2) is 36.4 Å². The van der Waals surface area contributed by atoms with E-state index in [1.165, 1.54) is 17.0 Å². The van der Waals surface area contributed by atoms with Crippen molar-refractivity contribution >= 4 is 29.0 Å². The number of ketones is 1. The second kappa shape index (κ2) is 4.97. The summed E-state index contributed by atoms with van der Waals surface area (Å²) in [4.78, 5) is 25.5. The van der Waals surface area contributed by atoms with Crippen molar-refractivity contribution in [1.82, 2.24) is 0 Å². The molecular formula is C16H11ClFNO2. The Morgan fingerprint density at radius 2 is 1.86 bits per heavy atom. The van der Waals surface area contributed by atoms with Gasteiger partial charge in [0.1, 0.15) is 5.82 Å². The SMILES string of the molecule is Cc1cccc2c1N(Cc1cccc(F)c1Cl)C(=O)C2=O. The quantitative estimate of drug-likeness (QED) is 0.796. The van der Waals surface area contributed by atoms with Gasteiger partial charge in [0.15, 0.2) is 0 Å². The lowest BCUT2D eigenvalue weighted by Crippen LogP contribution is -2.29. The van der Waals surface area contributed by atoms with E-state index < -0.39 is 17.5 Å². The Hall–Kier alpha value is -2.20. The second-order valence-corrected chi connectivity index (χ2v) is 5.28. The molecule has 0 bridgehead atoms. The third-order valence-corrected chi connectivity index (χ3v) is 3.98. The standard InChI is InChI=1S/C16H11ClFNO2/c1-9-4-2-6-11-14(9)19(16(21)15(11)20)8-10-5-3-7-12(18)13(10)17/h2-7H,8H2,1H3. The fourth-order valence-electron chi connectivity index (χ4n) is 2.53. The normalized spacial score (nSPS) is 13.8. The Balaban J connectivity index is 2.07. The number of benzene rings is 2. The topological polar surface area (TPSA) is 37.4 Å². The lowest BCUT2D eigenvalue weighted by Gasteiger charge is -2.19. The van der Waals surface area contributed by atoms with Gasteiger partial charge < -0.3 is 4.90 Å². The molecule has 0 N–H and O–H groups in total. The van der Waals surface area contributed by atoms with Crippen molar-refractivity contribution in [3.8, 4) is 0 Å². The molecule has 3 nitrogen and oxygen atoms in total. The van der Waals surface area contributed by atoms with Crippen molar-refractivity contribution in [2.75, 3.05) is 4.90 Å². The third-order valence-electron chi connectivity index (χ3n) is 3.55. The number of carbonyl (C=O) groups is 2. The van der Waals surface area contributed by atoms with Crippen LogP contribution < -0.4 is 4.90 Å². The number of Topliss-reactive ketones (excluding diaryl/α,β-unsaturated/α-hetero) is 1. The zero-order chi connectivity index (χ0) is 15.1. The minimum atomic E-state index is -0.611. The number of rotatable bonds is 2. The highest BCUT2D eigenvalue weighted by molar-refractivity contribution is 6.52. The Bertz CT molecular complexity index is 773. The Kier molecular flexibility index (Phi) is 3.26. The van der Waals surface area contributed by atoms with Gasteiger partial charge in [-0.3, -0.25) is 9.59 Å². The molecule has 2 aromatic rings. The highest BCUT2D eigenvalue weighted by Gasteiger charge is 2.36. The van der Waals surface area contributed by atoms with Crippen LogP contribution in [-0.4, -0.2) is 11.7 Å². The van der Waals surface area contributed by atoms with Gasteiger partial charge in [0, 0.05) is 0 Å². The van der Waals surface area contributed by atoms with Gasteiger partial charge in [-0.05, 0) is 30.2 Å². The van der Waals surface area contributed by atoms with Gasteiger partial charge in [-0.1, -0.05) is 35.9 Å². The van der Waals surface area contributed by atoms with E-state index in [0.717, 1.165) is 5.56 Å². The number of nitrogens with zero attached hydrogens (tertiary/aromatic N) is 1. The molecule has 0 unspecified atom stereocenters. The second-order valence-electron chi connectivity index (χ2n) is 4.90. The van der Waals surface area contributed by atoms with E-state index >= 15 is 0 Å². The van der Waals surface area contributed by atoms with Crippen LogP contribution >= 0.6 is 11.6 Å². The van der Waals surface area contributed by atoms with Crippen LogP contribution in [0.4, 0.5) is 10.1 Å². The Morgan fingerprint density at radius 3 is 2.62 bits per heavy atom. The van der Waals surface area contributed by atoms with E-state index in [4.69, 9.17) is 11.6 Å². The molecule has 1 aliphatic rings. The predicted molar refractivity (Wildman–Crippen MR) is 78.1 cm³/mol. The van der Waals surface area contributed by atoms with E-state index in [1.54, 1.807) is 18.2 Å². The van der Waals surface area contributed by atoms with Gasteiger partial charge in [0.2, 0.25) is 0 Å². The van der Waals surface area contributed by atoms with Crippen LogP contribution in [0.25, 0.3) is 0 Å². The number of anilines is 1. The first-order valence-electron chi connectivity index (χ1n) is 6.39. The number of hydrogen-bond donors (Lipinski definition) is 0. The maximum Gasteiger partial charge on any atom is 0.299 e. The van der Waals surface area contributed by atoms with E-state index in [2.05, 4.69) is 0 Å². The Labute approximate surface area is 125 Å². The van der Waals surface area contributed by atoms with Crippen LogP contribution in [0.2, 0.25) is 5.02 Å². The molecule has 2 aromatic carbocycles. The summed E-state index contributed by atoms with van der Waals surface area (Å²) in [6.07, 6.45) is 0. The van der Waals surface area contributed by atoms with Crippen molar-refractivity contribution in [2.24, 2.45) is 0 Å². The van der Waals surface area contributed by atoms with Crippen LogP contribution in [0.1, 0.15) is 21.5 Å². The zero-order valence-electron chi connectivity index (χ0n) is 11.2. The average Bonchev–Trinajstić information content (AvgIpc) is 2.70. The molecule has 0 aliphatic carbocycles. The van der Waals surface area contributed by atoms with Crippen LogP contribution in [0, 0.1) is 12.7 Å². The lowest BCUT2D eigenvalue weighted by atomic mass is 10.1. The maximum absolute atomic E-state index is 13.5. The van der Waals surface area contributed by atoms with Crippen molar-refractivity contribution in [3.63, 3.8) is 0 Å². The van der Waals surface area contributed by atoms with Gasteiger partial charge in [-0.2, -0.15) is 0 Å². The zero-order valence-corrected chi connectivity index (χ0v) is 11.9. The summed E-state index contributed by atoms with van der Waals surface area (Å²) in [5.41, 5.74) is 2.24. The molecule has 0 atom stereocenters. The number of hydrogen-bond acceptors (Lipinski definition) is 2. The minimum Gasteiger partial charge on any atom is -0.300 e. The Morgan fingerprint density at radius 1 is 1.14 bits per heavy atom. The van der Waals surface area contributed by atoms with Crippen LogP contribution in [-0.2, 0) is 11.3 Å². The van der Waals surface area contributed by atoms with Gasteiger partial charge in [0.05, 0.1) is 22.8 Å². The minimum absolute atomic E-state index is 0.0280. The molecule has 0 saturated heterocycles. The smallest absolute Gasteiger partial charge is 0.299 e. The van der Waals surface area contributed by atoms with E-state index in [-0.39, 0.29) is 11.6 Å². The molecule has 106 valence electrons. The largest absolute Gasteiger partial charge is 0.300 e. The summed E-state index contributed by atoms with van der Waals surface area (Å²) in [6.45, 7) is 1.89. The molecule has 21 heavy (non-hydrogen) atoms. The summed E-state index contributed by atoms with van der Waals surface area (Å²) in [5, 5.41) is -0.0280. The van der Waals surface area contributed by atoms with Gasteiger partial charge in [-0.15, -0.1) is 0 Å². The molecule has 0 radical (unpaired) electrons. The molecule has 0 aromatic heterocycles. The van der Waals surface area contributed by atoms with Gasteiger partial charge >= 0.3 is 0 Å². The van der Waals surface area contributed by atoms with E-state index in [1.807, 2.05) is 13.0 Å². The highest BCUT2D eigenvalue weighted by atomic mass is 35.5. The first kappa shape index (κ1) is 13.8. The molecule has 0 saturated carbocycles. The van der Waals surface area contributed by atoms with Crippen LogP contribution in [0.5, 0.6) is 0 Å². The summed E-state index contributed by atoms with van der Waals surface area (Å²) >= 11 is 5.92. The van der Waals surface area contributed by atoms with Gasteiger partial charge in [0.25, 0.3) is 11.7 Å². The van der Waals surface area contributed by atoms with E-state index in [0.29, 0.717) is 16.8 Å². The monoisotopic (exact) mass is 303 g/mol. The molecule has 1 heterocycles. The fraction of sp³-hybridized carbons (Fsp3) is 0.125. The molecule has 3 rings (SSSR count). The summed E-state index contributed by atoms with van der Waals surface area (Å²) in [7, 11) is 0. The predicted octanol–water partition coefficient (Wildman–Crippen LogP) is 3.52. The molecular weight excluding hydrogens is 293 g/mol. The van der Waals surface area contributed by atoms with Crippen molar-refractivity contribution in [3.05, 3.63) is 63.9 Å². The number of para-hydroxylation sites is 1. The van der Waals surface area contributed by atoms with Gasteiger partial charge in [-0.25, -0.2) is 4.39 Å². The lowest BCUT2D eigenvalue weighted by molar-refractivity contribution is -0.114. The van der Waals surface area contributed by atoms with Crippen molar-refractivity contribution in [2.45, 2.75) is 13.5 Å². The van der Waals surface area contributed by atoms with Crippen LogP contribution in [0.3, 0.4) is 0 Å². The number of halogens is 2. The first-order valence-corrected chi connectivity index (χ1v) is 6.77. The first-order chi connectivity index (χ1) is 10.0. The summed E-state index contributed by atoms with van der Waals surface area (Å²) in [6, 6.07) is 9.59. The number of fused-ring (bicyclic) bond motifs is 1. The molecule has 5 heteroatoms. The summed E-state index contributed by atoms with van der Waals surface area (Å²) in [5.74, 6) is -1.70. The highest BCUT2D eigenvalue weighted by Crippen LogP contribution is 2.34. The number of amides is 1. The summed E-state index contributed by atoms with van der Waals surface area (Å²) < 4.78 is 13.5. The molecule has 0 fully saturated rings. The third kappa shape index (κ3) is 2.12. The maximum atomic E-state index is 13.5. The molecule has 0 spiro atoms. The number of carbonyl (C=O) groups excluding carboxylic acids is 2. The van der Waals surface area contributed by atoms with Crippen molar-refractivity contribution < 1.29 is 14.0 Å². The molecule has 1 amide bonds. The van der Waals surface area contributed by atoms with Crippen molar-refractivity contribution in [1.29, 1.82) is 0 Å². The number of aryl methyl sites for hydroxylation is 1. The fourth-order valence-corrected chi connectivity index (χ4v) is 2.72. The molecule has 1 aliphatic heterocycles. The average molecular weight is 304 g/mol.